The molecule has 26 heavy (non-hydrogen) atoms. The van der Waals surface area contributed by atoms with Crippen LogP contribution in [0.15, 0.2) is 38.8 Å². The highest BCUT2D eigenvalue weighted by molar-refractivity contribution is 8.00. The molecule has 5 nitrogen and oxygen atoms in total. The van der Waals surface area contributed by atoms with Gasteiger partial charge in [-0.15, -0.1) is 23.1 Å². The van der Waals surface area contributed by atoms with Gasteiger partial charge in [0.15, 0.2) is 0 Å². The summed E-state index contributed by atoms with van der Waals surface area (Å²) in [5.74, 6) is -0.341. The Hall–Kier alpha value is -1.35. The van der Waals surface area contributed by atoms with E-state index in [0.717, 1.165) is 22.6 Å². The first kappa shape index (κ1) is 19.4. The van der Waals surface area contributed by atoms with Crippen LogP contribution in [0.2, 0.25) is 0 Å². The second-order valence-electron chi connectivity index (χ2n) is 6.51. The molecule has 1 fully saturated rings. The number of anilines is 1. The van der Waals surface area contributed by atoms with Gasteiger partial charge in [-0.05, 0) is 49.6 Å². The number of amides is 1. The molecule has 0 radical (unpaired) electrons. The van der Waals surface area contributed by atoms with Gasteiger partial charge in [0.25, 0.3) is 5.91 Å². The average Bonchev–Trinajstić information content (AvgIpc) is 3.09. The zero-order chi connectivity index (χ0) is 18.7. The molecular weight excluding hydrogens is 388 g/mol. The minimum atomic E-state index is -3.78. The number of carbonyl (C=O) groups excluding carboxylic acids is 1. The lowest BCUT2D eigenvalue weighted by atomic mass is 10.0. The molecule has 2 aromatic rings. The van der Waals surface area contributed by atoms with Crippen molar-refractivity contribution in [1.82, 2.24) is 0 Å². The molecule has 8 heteroatoms. The van der Waals surface area contributed by atoms with Gasteiger partial charge in [-0.2, -0.15) is 0 Å². The molecule has 1 saturated carbocycles. The topological polar surface area (TPSA) is 89.3 Å². The third kappa shape index (κ3) is 4.88. The van der Waals surface area contributed by atoms with Crippen LogP contribution >= 0.6 is 23.1 Å². The fourth-order valence-corrected chi connectivity index (χ4v) is 5.94. The molecular formula is C18H22N2O3S3. The third-order valence-electron chi connectivity index (χ3n) is 4.42. The number of sulfonamides is 1. The number of thioether (sulfide) groups is 1. The highest BCUT2D eigenvalue weighted by atomic mass is 32.2. The summed E-state index contributed by atoms with van der Waals surface area (Å²) in [5.41, 5.74) is 2.01. The maximum Gasteiger partial charge on any atom is 0.256 e. The first-order valence-corrected chi connectivity index (χ1v) is 11.8. The second kappa shape index (κ2) is 8.12. The lowest BCUT2D eigenvalue weighted by Gasteiger charge is -2.21. The van der Waals surface area contributed by atoms with E-state index in [9.17, 15) is 13.2 Å². The number of carbonyl (C=O) groups is 1. The van der Waals surface area contributed by atoms with Crippen LogP contribution in [0.3, 0.4) is 0 Å². The van der Waals surface area contributed by atoms with E-state index in [4.69, 9.17) is 5.14 Å². The van der Waals surface area contributed by atoms with Crippen LogP contribution in [-0.4, -0.2) is 19.6 Å². The minimum absolute atomic E-state index is 0.0152. The Balaban J connectivity index is 1.67. The molecule has 0 spiro atoms. The van der Waals surface area contributed by atoms with Crippen molar-refractivity contribution in [3.05, 3.63) is 40.8 Å². The number of nitrogens with two attached hydrogens (primary N) is 1. The molecule has 0 saturated heterocycles. The summed E-state index contributed by atoms with van der Waals surface area (Å²) in [7, 11) is -3.78. The lowest BCUT2D eigenvalue weighted by molar-refractivity contribution is 0.102. The fraction of sp³-hybridized carbons (Fsp3) is 0.389. The molecule has 0 bridgehead atoms. The Bertz CT molecular complexity index is 900. The molecule has 0 atom stereocenters. The summed E-state index contributed by atoms with van der Waals surface area (Å²) in [6.45, 7) is 1.96. The standard InChI is InChI=1S/C18H22N2O3S3/c1-12-9-15(25-14-5-3-2-4-6-14)7-8-16(12)20-18(21)13-10-17(24-11-13)26(19,22)23/h7-11,14H,2-6H2,1H3,(H,20,21)(H2,19,22,23). The Labute approximate surface area is 162 Å². The molecule has 0 unspecified atom stereocenters. The van der Waals surface area contributed by atoms with E-state index in [1.807, 2.05) is 30.8 Å². The van der Waals surface area contributed by atoms with Crippen molar-refractivity contribution in [2.45, 2.75) is 53.4 Å². The zero-order valence-corrected chi connectivity index (χ0v) is 17.0. The maximum atomic E-state index is 12.4. The van der Waals surface area contributed by atoms with Crippen molar-refractivity contribution >= 4 is 44.7 Å². The second-order valence-corrected chi connectivity index (χ2v) is 10.6. The van der Waals surface area contributed by atoms with Crippen LogP contribution in [0.25, 0.3) is 0 Å². The molecule has 1 aromatic heterocycles. The molecule has 1 heterocycles. The van der Waals surface area contributed by atoms with Crippen LogP contribution in [0.1, 0.15) is 48.0 Å². The van der Waals surface area contributed by atoms with Crippen molar-refractivity contribution < 1.29 is 13.2 Å². The maximum absolute atomic E-state index is 12.4. The number of nitrogens with one attached hydrogen (secondary N) is 1. The van der Waals surface area contributed by atoms with Crippen LogP contribution < -0.4 is 10.5 Å². The normalized spacial score (nSPS) is 15.8. The smallest absolute Gasteiger partial charge is 0.256 e. The van der Waals surface area contributed by atoms with Crippen LogP contribution in [0, 0.1) is 6.92 Å². The van der Waals surface area contributed by atoms with Gasteiger partial charge in [-0.1, -0.05) is 19.3 Å². The first-order chi connectivity index (χ1) is 12.3. The number of rotatable bonds is 5. The third-order valence-corrected chi connectivity index (χ3v) is 8.14. The van der Waals surface area contributed by atoms with Gasteiger partial charge < -0.3 is 5.32 Å². The van der Waals surface area contributed by atoms with E-state index in [1.54, 1.807) is 0 Å². The number of hydrogen-bond donors (Lipinski definition) is 2. The number of benzene rings is 1. The molecule has 0 aliphatic heterocycles. The Morgan fingerprint density at radius 3 is 2.58 bits per heavy atom. The van der Waals surface area contributed by atoms with E-state index in [2.05, 4.69) is 11.4 Å². The molecule has 1 aromatic carbocycles. The quantitative estimate of drug-likeness (QED) is 0.765. The Kier molecular flexibility index (Phi) is 6.06. The Morgan fingerprint density at radius 2 is 1.96 bits per heavy atom. The summed E-state index contributed by atoms with van der Waals surface area (Å²) in [5, 5.41) is 10.1. The number of thiophene rings is 1. The number of hydrogen-bond acceptors (Lipinski definition) is 5. The van der Waals surface area contributed by atoms with Crippen molar-refractivity contribution in [3.8, 4) is 0 Å². The van der Waals surface area contributed by atoms with E-state index in [-0.39, 0.29) is 10.1 Å². The summed E-state index contributed by atoms with van der Waals surface area (Å²) < 4.78 is 22.7. The number of primary sulfonamides is 1. The van der Waals surface area contributed by atoms with Crippen molar-refractivity contribution in [2.75, 3.05) is 5.32 Å². The highest BCUT2D eigenvalue weighted by Crippen LogP contribution is 2.35. The molecule has 1 amide bonds. The van der Waals surface area contributed by atoms with Gasteiger partial charge in [0.2, 0.25) is 10.0 Å². The fourth-order valence-electron chi connectivity index (χ4n) is 3.00. The summed E-state index contributed by atoms with van der Waals surface area (Å²) >= 11 is 2.86. The largest absolute Gasteiger partial charge is 0.322 e. The van der Waals surface area contributed by atoms with E-state index in [1.165, 1.54) is 48.4 Å². The summed E-state index contributed by atoms with van der Waals surface area (Å²) in [6.07, 6.45) is 6.51. The van der Waals surface area contributed by atoms with Gasteiger partial charge in [0.05, 0.1) is 5.56 Å². The van der Waals surface area contributed by atoms with E-state index in [0.29, 0.717) is 10.8 Å². The van der Waals surface area contributed by atoms with Gasteiger partial charge in [0.1, 0.15) is 4.21 Å². The monoisotopic (exact) mass is 410 g/mol. The van der Waals surface area contributed by atoms with Crippen LogP contribution in [-0.2, 0) is 10.0 Å². The predicted molar refractivity (Wildman–Crippen MR) is 108 cm³/mol. The van der Waals surface area contributed by atoms with Gasteiger partial charge in [0, 0.05) is 21.2 Å². The van der Waals surface area contributed by atoms with Gasteiger partial charge in [-0.25, -0.2) is 13.6 Å². The lowest BCUT2D eigenvalue weighted by Crippen LogP contribution is -2.13. The van der Waals surface area contributed by atoms with Crippen molar-refractivity contribution in [3.63, 3.8) is 0 Å². The summed E-state index contributed by atoms with van der Waals surface area (Å²) in [4.78, 5) is 13.6. The molecule has 1 aliphatic rings. The molecule has 3 rings (SSSR count). The van der Waals surface area contributed by atoms with Crippen LogP contribution in [0.5, 0.6) is 0 Å². The summed E-state index contributed by atoms with van der Waals surface area (Å²) in [6, 6.07) is 7.34. The predicted octanol–water partition coefficient (Wildman–Crippen LogP) is 4.38. The first-order valence-electron chi connectivity index (χ1n) is 8.53. The van der Waals surface area contributed by atoms with Crippen molar-refractivity contribution in [1.29, 1.82) is 0 Å². The van der Waals surface area contributed by atoms with Gasteiger partial charge >= 0.3 is 0 Å². The van der Waals surface area contributed by atoms with E-state index < -0.39 is 10.0 Å². The Morgan fingerprint density at radius 1 is 1.23 bits per heavy atom. The average molecular weight is 411 g/mol. The van der Waals surface area contributed by atoms with Gasteiger partial charge in [-0.3, -0.25) is 4.79 Å². The van der Waals surface area contributed by atoms with E-state index >= 15 is 0 Å². The SMILES string of the molecule is Cc1cc(SC2CCCCC2)ccc1NC(=O)c1csc(S(N)(=O)=O)c1. The number of aryl methyl sites for hydroxylation is 1. The minimum Gasteiger partial charge on any atom is -0.322 e. The van der Waals surface area contributed by atoms with Crippen molar-refractivity contribution in [2.24, 2.45) is 5.14 Å². The zero-order valence-electron chi connectivity index (χ0n) is 14.5. The highest BCUT2D eigenvalue weighted by Gasteiger charge is 2.17. The molecule has 3 N–H and O–H groups in total. The molecule has 1 aliphatic carbocycles. The molecule has 140 valence electrons. The van der Waals surface area contributed by atoms with Crippen LogP contribution in [0.4, 0.5) is 5.69 Å².